The minimum absolute atomic E-state index is 0.110. The molecule has 0 bridgehead atoms. The summed E-state index contributed by atoms with van der Waals surface area (Å²) in [4.78, 5) is 45.3. The third-order valence-electron chi connectivity index (χ3n) is 10.8. The van der Waals surface area contributed by atoms with Crippen LogP contribution in [-0.2, 0) is 32.0 Å². The van der Waals surface area contributed by atoms with Gasteiger partial charge in [0.15, 0.2) is 0 Å². The molecule has 2 aliphatic rings. The first kappa shape index (κ1) is 49.2. The Morgan fingerprint density at radius 3 is 1.09 bits per heavy atom. The molecule has 9 rings (SSSR count). The van der Waals surface area contributed by atoms with Gasteiger partial charge in [-0.05, 0) is 70.1 Å². The first-order valence-electron chi connectivity index (χ1n) is 21.9. The molecular weight excluding hydrogens is 883 g/mol. The lowest BCUT2D eigenvalue weighted by Gasteiger charge is -2.24. The summed E-state index contributed by atoms with van der Waals surface area (Å²) in [7, 11) is -0.446. The Labute approximate surface area is 399 Å². The van der Waals surface area contributed by atoms with Crippen molar-refractivity contribution in [2.45, 2.75) is 50.7 Å². The molecule has 0 radical (unpaired) electrons. The van der Waals surface area contributed by atoms with E-state index in [9.17, 15) is 24.3 Å². The number of aliphatic hydroxyl groups is 1. The summed E-state index contributed by atoms with van der Waals surface area (Å²) >= 11 is 11.6. The molecule has 2 N–H and O–H groups in total. The number of aliphatic hydroxyl groups excluding tert-OH is 1. The Balaban J connectivity index is 0.000000154. The highest BCUT2D eigenvalue weighted by Crippen LogP contribution is 2.32. The summed E-state index contributed by atoms with van der Waals surface area (Å²) in [5.74, 6) is 0.0244. The molecule has 7 aromatic rings. The number of amides is 4. The van der Waals surface area contributed by atoms with Gasteiger partial charge in [-0.25, -0.2) is 0 Å². The van der Waals surface area contributed by atoms with Crippen LogP contribution in [0.3, 0.4) is 0 Å². The van der Waals surface area contributed by atoms with E-state index in [0.29, 0.717) is 38.5 Å². The van der Waals surface area contributed by atoms with Crippen LogP contribution in [0.1, 0.15) is 36.8 Å². The van der Waals surface area contributed by atoms with Crippen molar-refractivity contribution < 1.29 is 24.3 Å². The van der Waals surface area contributed by atoms with Gasteiger partial charge in [0, 0.05) is 37.4 Å². The van der Waals surface area contributed by atoms with Gasteiger partial charge < -0.3 is 5.11 Å². The van der Waals surface area contributed by atoms with Crippen LogP contribution in [0.4, 0.5) is 0 Å². The molecule has 2 atom stereocenters. The average molecular weight is 936 g/mol. The Bertz CT molecular complexity index is 2450. The van der Waals surface area contributed by atoms with Gasteiger partial charge in [-0.15, -0.1) is 23.2 Å². The molecule has 0 aromatic heterocycles. The number of nitrogens with zero attached hydrogens (tertiary/aromatic N) is 1. The van der Waals surface area contributed by atoms with E-state index in [1.54, 1.807) is 0 Å². The van der Waals surface area contributed by atoms with Gasteiger partial charge in [0.1, 0.15) is 0 Å². The molecule has 2 saturated heterocycles. The summed E-state index contributed by atoms with van der Waals surface area (Å²) in [5, 5.41) is 15.8. The SMILES string of the molecule is O=C1CCC(=O)N1.O=C1CCC(=O)N1[C@@H](CCl)Cc1ccc(-c2ccccc2)cc1.O[C@H](CCl)Cc1ccc(-c2ccccc2)cc1.c1ccc(P(c2ccccc2)c2ccccc2)cc1. The molecule has 336 valence electrons. The topological polar surface area (TPSA) is 104 Å². The van der Waals surface area contributed by atoms with E-state index >= 15 is 0 Å². The zero-order valence-corrected chi connectivity index (χ0v) is 39.0. The molecular formula is C56H53Cl2N2O5P. The lowest BCUT2D eigenvalue weighted by atomic mass is 10.0. The van der Waals surface area contributed by atoms with Crippen LogP contribution in [0.5, 0.6) is 0 Å². The first-order chi connectivity index (χ1) is 32.2. The molecule has 10 heteroatoms. The minimum atomic E-state index is -0.459. The Kier molecular flexibility index (Phi) is 19.4. The fourth-order valence-electron chi connectivity index (χ4n) is 7.43. The fraction of sp³-hybridized carbons (Fsp3) is 0.179. The van der Waals surface area contributed by atoms with Crippen molar-refractivity contribution in [3.05, 3.63) is 211 Å². The maximum absolute atomic E-state index is 11.9. The van der Waals surface area contributed by atoms with Gasteiger partial charge in [-0.1, -0.05) is 200 Å². The maximum Gasteiger partial charge on any atom is 0.229 e. The molecule has 66 heavy (non-hydrogen) atoms. The molecule has 2 fully saturated rings. The second-order valence-electron chi connectivity index (χ2n) is 15.6. The van der Waals surface area contributed by atoms with Gasteiger partial charge >= 0.3 is 0 Å². The molecule has 0 aliphatic carbocycles. The molecule has 7 nitrogen and oxygen atoms in total. The Hall–Kier alpha value is -6.21. The van der Waals surface area contributed by atoms with E-state index in [-0.39, 0.29) is 41.4 Å². The maximum atomic E-state index is 11.9. The van der Waals surface area contributed by atoms with Crippen molar-refractivity contribution in [2.24, 2.45) is 0 Å². The predicted molar refractivity (Wildman–Crippen MR) is 271 cm³/mol. The fourth-order valence-corrected chi connectivity index (χ4v) is 10.1. The molecule has 2 heterocycles. The smallest absolute Gasteiger partial charge is 0.229 e. The zero-order valence-electron chi connectivity index (χ0n) is 36.6. The van der Waals surface area contributed by atoms with Crippen LogP contribution < -0.4 is 21.2 Å². The number of benzene rings is 7. The van der Waals surface area contributed by atoms with Gasteiger partial charge in [0.25, 0.3) is 0 Å². The molecule has 0 saturated carbocycles. The van der Waals surface area contributed by atoms with Gasteiger partial charge in [0.2, 0.25) is 23.6 Å². The van der Waals surface area contributed by atoms with E-state index in [1.807, 2.05) is 60.7 Å². The number of halogens is 2. The van der Waals surface area contributed by atoms with Crippen LogP contribution in [0.15, 0.2) is 200 Å². The van der Waals surface area contributed by atoms with Gasteiger partial charge in [-0.2, -0.15) is 0 Å². The highest BCUT2D eigenvalue weighted by atomic mass is 35.5. The third kappa shape index (κ3) is 14.9. The first-order valence-corrected chi connectivity index (χ1v) is 24.3. The van der Waals surface area contributed by atoms with E-state index < -0.39 is 14.0 Å². The van der Waals surface area contributed by atoms with Gasteiger partial charge in [-0.3, -0.25) is 29.4 Å². The van der Waals surface area contributed by atoms with Crippen LogP contribution >= 0.6 is 31.1 Å². The van der Waals surface area contributed by atoms with Crippen molar-refractivity contribution in [3.63, 3.8) is 0 Å². The number of imide groups is 2. The number of carbonyl (C=O) groups excluding carboxylic acids is 4. The normalized spacial score (nSPS) is 13.9. The monoisotopic (exact) mass is 934 g/mol. The van der Waals surface area contributed by atoms with E-state index in [4.69, 9.17) is 23.2 Å². The third-order valence-corrected chi connectivity index (χ3v) is 13.9. The van der Waals surface area contributed by atoms with Crippen molar-refractivity contribution in [2.75, 3.05) is 11.8 Å². The highest BCUT2D eigenvalue weighted by Gasteiger charge is 2.34. The second-order valence-corrected chi connectivity index (χ2v) is 18.5. The zero-order chi connectivity index (χ0) is 46.5. The second kappa shape index (κ2) is 26.1. The molecule has 2 aliphatic heterocycles. The van der Waals surface area contributed by atoms with E-state index in [0.717, 1.165) is 22.3 Å². The van der Waals surface area contributed by atoms with Crippen LogP contribution in [0.25, 0.3) is 22.3 Å². The van der Waals surface area contributed by atoms with E-state index in [1.165, 1.54) is 31.9 Å². The number of rotatable bonds is 12. The predicted octanol–water partition coefficient (Wildman–Crippen LogP) is 10.0. The number of nitrogens with one attached hydrogen (secondary N) is 1. The molecule has 4 amide bonds. The number of hydrogen-bond donors (Lipinski definition) is 2. The standard InChI is InChI=1S/C19H18ClNO2.C18H15P.C15H15ClO.C4H5NO2/c20-13-17(21-18(22)10-11-19(21)23)12-14-6-8-16(9-7-14)15-4-2-1-3-5-15;1-4-10-16(11-5-1)19(17-12-6-2-7-13-17)18-14-8-3-9-15-18;16-11-15(17)10-12-6-8-14(9-7-12)13-4-2-1-3-5-13;6-3-1-2-4(7)5-3/h1-9,17H,10-13H2;1-15H;1-9,15,17H,10-11H2;1-2H2,(H,5,6,7)/t17-;;15-;/m1.0./s1. The number of carbonyl (C=O) groups is 4. The average Bonchev–Trinajstić information content (AvgIpc) is 3.93. The van der Waals surface area contributed by atoms with Crippen molar-refractivity contribution in [3.8, 4) is 22.3 Å². The lowest BCUT2D eigenvalue weighted by molar-refractivity contribution is -0.140. The molecule has 0 spiro atoms. The Morgan fingerprint density at radius 1 is 0.439 bits per heavy atom. The Morgan fingerprint density at radius 2 is 0.773 bits per heavy atom. The number of alkyl halides is 2. The minimum Gasteiger partial charge on any atom is -0.392 e. The summed E-state index contributed by atoms with van der Waals surface area (Å²) < 4.78 is 0. The van der Waals surface area contributed by atoms with E-state index in [2.05, 4.69) is 145 Å². The quantitative estimate of drug-likeness (QED) is 0.0722. The lowest BCUT2D eigenvalue weighted by Crippen LogP contribution is -2.41. The van der Waals surface area contributed by atoms with Crippen LogP contribution in [0, 0.1) is 0 Å². The van der Waals surface area contributed by atoms with Gasteiger partial charge in [0.05, 0.1) is 12.1 Å². The number of likely N-dealkylation sites (tertiary alicyclic amines) is 1. The summed E-state index contributed by atoms with van der Waals surface area (Å²) in [6, 6.07) is 68.9. The number of hydrogen-bond acceptors (Lipinski definition) is 5. The van der Waals surface area contributed by atoms with Crippen LogP contribution in [-0.4, -0.2) is 57.5 Å². The summed E-state index contributed by atoms with van der Waals surface area (Å²) in [5.41, 5.74) is 6.88. The van der Waals surface area contributed by atoms with Crippen molar-refractivity contribution >= 4 is 70.7 Å². The largest absolute Gasteiger partial charge is 0.392 e. The van der Waals surface area contributed by atoms with Crippen molar-refractivity contribution in [1.29, 1.82) is 0 Å². The van der Waals surface area contributed by atoms with Crippen LogP contribution in [0.2, 0.25) is 0 Å². The van der Waals surface area contributed by atoms with Crippen molar-refractivity contribution in [1.82, 2.24) is 10.2 Å². The highest BCUT2D eigenvalue weighted by molar-refractivity contribution is 7.79. The summed E-state index contributed by atoms with van der Waals surface area (Å²) in [6.45, 7) is 0. The molecule has 0 unspecified atom stereocenters. The summed E-state index contributed by atoms with van der Waals surface area (Å²) in [6.07, 6.45) is 2.10. The molecule has 7 aromatic carbocycles.